The quantitative estimate of drug-likeness (QED) is 0.529. The summed E-state index contributed by atoms with van der Waals surface area (Å²) in [5, 5.41) is 5.35. The number of carbonyl (C=O) groups excluding carboxylic acids is 2. The summed E-state index contributed by atoms with van der Waals surface area (Å²) in [5.74, 6) is -1.76. The van der Waals surface area contributed by atoms with Gasteiger partial charge in [0.15, 0.2) is 0 Å². The van der Waals surface area contributed by atoms with E-state index in [0.29, 0.717) is 12.1 Å². The van der Waals surface area contributed by atoms with Gasteiger partial charge < -0.3 is 15.5 Å². The number of pyridine rings is 1. The number of rotatable bonds is 7. The van der Waals surface area contributed by atoms with Crippen molar-refractivity contribution in [2.45, 2.75) is 12.6 Å². The minimum atomic E-state index is -0.719. The smallest absolute Gasteiger partial charge is 0.309 e. The second-order valence-electron chi connectivity index (χ2n) is 8.18. The van der Waals surface area contributed by atoms with Crippen LogP contribution in [0.3, 0.4) is 0 Å². The number of carbonyl (C=O) groups is 2. The van der Waals surface area contributed by atoms with Crippen molar-refractivity contribution in [3.8, 4) is 0 Å². The summed E-state index contributed by atoms with van der Waals surface area (Å²) in [7, 11) is 0. The van der Waals surface area contributed by atoms with Crippen LogP contribution in [0.1, 0.15) is 17.2 Å². The Kier molecular flexibility index (Phi) is 7.83. The highest BCUT2D eigenvalue weighted by molar-refractivity contribution is 6.35. The average molecular weight is 462 g/mol. The molecule has 1 saturated heterocycles. The largest absolute Gasteiger partial charge is 0.369 e. The first-order chi connectivity index (χ1) is 16.6. The van der Waals surface area contributed by atoms with Crippen molar-refractivity contribution in [2.24, 2.45) is 0 Å². The Morgan fingerprint density at radius 3 is 2.26 bits per heavy atom. The summed E-state index contributed by atoms with van der Waals surface area (Å²) < 4.78 is 13.0. The molecule has 2 N–H and O–H groups in total. The van der Waals surface area contributed by atoms with E-state index < -0.39 is 11.8 Å². The lowest BCUT2D eigenvalue weighted by Crippen LogP contribution is -2.50. The zero-order chi connectivity index (χ0) is 23.8. The highest BCUT2D eigenvalue weighted by Gasteiger charge is 2.26. The Morgan fingerprint density at radius 2 is 1.59 bits per heavy atom. The van der Waals surface area contributed by atoms with E-state index in [-0.39, 0.29) is 18.4 Å². The third-order valence-corrected chi connectivity index (χ3v) is 5.97. The summed E-state index contributed by atoms with van der Waals surface area (Å²) in [6.07, 6.45) is 3.52. The van der Waals surface area contributed by atoms with E-state index in [1.165, 1.54) is 17.8 Å². The first-order valence-electron chi connectivity index (χ1n) is 11.3. The lowest BCUT2D eigenvalue weighted by molar-refractivity contribution is -0.139. The van der Waals surface area contributed by atoms with Crippen molar-refractivity contribution in [1.29, 1.82) is 0 Å². The van der Waals surface area contributed by atoms with Crippen LogP contribution in [0.25, 0.3) is 0 Å². The maximum absolute atomic E-state index is 13.0. The molecule has 2 heterocycles. The van der Waals surface area contributed by atoms with Gasteiger partial charge in [0.25, 0.3) is 0 Å². The molecule has 2 amide bonds. The van der Waals surface area contributed by atoms with Crippen molar-refractivity contribution in [2.75, 3.05) is 37.6 Å². The number of anilines is 1. The van der Waals surface area contributed by atoms with E-state index in [1.807, 2.05) is 30.3 Å². The van der Waals surface area contributed by atoms with Gasteiger partial charge in [0.1, 0.15) is 5.82 Å². The summed E-state index contributed by atoms with van der Waals surface area (Å²) >= 11 is 0. The van der Waals surface area contributed by atoms with E-state index in [4.69, 9.17) is 0 Å². The fourth-order valence-corrected chi connectivity index (χ4v) is 4.10. The first-order valence-corrected chi connectivity index (χ1v) is 11.3. The van der Waals surface area contributed by atoms with Gasteiger partial charge in [-0.2, -0.15) is 0 Å². The second kappa shape index (κ2) is 11.4. The van der Waals surface area contributed by atoms with Crippen molar-refractivity contribution < 1.29 is 14.0 Å². The van der Waals surface area contributed by atoms with E-state index in [1.54, 1.807) is 24.5 Å². The standard InChI is InChI=1S/C26H28FN5O2/c27-22-10-8-20(9-11-22)17-29-25(33)26(34)30-19-24(21-5-4-12-28-18-21)32-15-13-31(14-16-32)23-6-2-1-3-7-23/h1-12,18,24H,13-17,19H2,(H,29,33)(H,30,34)/t24-/m0/s1. The maximum atomic E-state index is 13.0. The number of nitrogens with one attached hydrogen (secondary N) is 2. The lowest BCUT2D eigenvalue weighted by Gasteiger charge is -2.40. The van der Waals surface area contributed by atoms with E-state index in [0.717, 1.165) is 31.7 Å². The number of hydrogen-bond donors (Lipinski definition) is 2. The van der Waals surface area contributed by atoms with Gasteiger partial charge in [0, 0.05) is 57.3 Å². The molecule has 0 unspecified atom stereocenters. The Bertz CT molecular complexity index is 1070. The average Bonchev–Trinajstić information content (AvgIpc) is 2.89. The van der Waals surface area contributed by atoms with Gasteiger partial charge in [0.2, 0.25) is 0 Å². The molecule has 1 aliphatic heterocycles. The van der Waals surface area contributed by atoms with Crippen molar-refractivity contribution in [3.63, 3.8) is 0 Å². The number of benzene rings is 2. The molecule has 1 fully saturated rings. The van der Waals surface area contributed by atoms with Crippen molar-refractivity contribution in [1.82, 2.24) is 20.5 Å². The van der Waals surface area contributed by atoms with Crippen LogP contribution in [0.15, 0.2) is 79.1 Å². The predicted octanol–water partition coefficient (Wildman–Crippen LogP) is 2.52. The molecule has 34 heavy (non-hydrogen) atoms. The molecule has 0 spiro atoms. The number of para-hydroxylation sites is 1. The zero-order valence-electron chi connectivity index (χ0n) is 18.9. The Morgan fingerprint density at radius 1 is 0.882 bits per heavy atom. The second-order valence-corrected chi connectivity index (χ2v) is 8.18. The molecule has 8 heteroatoms. The molecule has 0 aliphatic carbocycles. The summed E-state index contributed by atoms with van der Waals surface area (Å²) in [4.78, 5) is 33.6. The molecule has 7 nitrogen and oxygen atoms in total. The fraction of sp³-hybridized carbons (Fsp3) is 0.269. The minimum absolute atomic E-state index is 0.0968. The highest BCUT2D eigenvalue weighted by atomic mass is 19.1. The molecular formula is C26H28FN5O2. The molecule has 3 aromatic rings. The topological polar surface area (TPSA) is 77.6 Å². The molecular weight excluding hydrogens is 433 g/mol. The molecule has 0 saturated carbocycles. The molecule has 1 atom stereocenters. The Balaban J connectivity index is 1.34. The highest BCUT2D eigenvalue weighted by Crippen LogP contribution is 2.23. The van der Waals surface area contributed by atoms with Crippen LogP contribution in [0.5, 0.6) is 0 Å². The molecule has 0 radical (unpaired) electrons. The molecule has 1 aliphatic rings. The van der Waals surface area contributed by atoms with Crippen molar-refractivity contribution >= 4 is 17.5 Å². The molecule has 2 aromatic carbocycles. The van der Waals surface area contributed by atoms with Gasteiger partial charge >= 0.3 is 11.8 Å². The van der Waals surface area contributed by atoms with Crippen LogP contribution < -0.4 is 15.5 Å². The maximum Gasteiger partial charge on any atom is 0.309 e. The SMILES string of the molecule is O=C(NCc1ccc(F)cc1)C(=O)NC[C@@H](c1cccnc1)N1CCN(c2ccccc2)CC1. The summed E-state index contributed by atoms with van der Waals surface area (Å²) in [5.41, 5.74) is 2.90. The van der Waals surface area contributed by atoms with Gasteiger partial charge in [-0.3, -0.25) is 19.5 Å². The van der Waals surface area contributed by atoms with Gasteiger partial charge in [-0.25, -0.2) is 4.39 Å². The summed E-state index contributed by atoms with van der Waals surface area (Å²) in [6.45, 7) is 3.82. The van der Waals surface area contributed by atoms with Crippen LogP contribution in [-0.2, 0) is 16.1 Å². The number of amides is 2. The van der Waals surface area contributed by atoms with Crippen LogP contribution >= 0.6 is 0 Å². The predicted molar refractivity (Wildman–Crippen MR) is 128 cm³/mol. The van der Waals surface area contributed by atoms with Gasteiger partial charge in [-0.1, -0.05) is 36.4 Å². The molecule has 176 valence electrons. The Labute approximate surface area is 198 Å². The molecule has 4 rings (SSSR count). The van der Waals surface area contributed by atoms with Gasteiger partial charge in [-0.15, -0.1) is 0 Å². The summed E-state index contributed by atoms with van der Waals surface area (Å²) in [6, 6.07) is 19.8. The lowest BCUT2D eigenvalue weighted by atomic mass is 10.1. The Hall–Kier alpha value is -3.78. The van der Waals surface area contributed by atoms with Crippen LogP contribution in [0.2, 0.25) is 0 Å². The van der Waals surface area contributed by atoms with Gasteiger partial charge in [-0.05, 0) is 41.5 Å². The first kappa shape index (κ1) is 23.4. The number of piperazine rings is 1. The van der Waals surface area contributed by atoms with E-state index in [2.05, 4.69) is 37.6 Å². The van der Waals surface area contributed by atoms with Gasteiger partial charge in [0.05, 0.1) is 6.04 Å². The molecule has 1 aromatic heterocycles. The number of aromatic nitrogens is 1. The molecule has 0 bridgehead atoms. The third-order valence-electron chi connectivity index (χ3n) is 5.97. The van der Waals surface area contributed by atoms with Crippen LogP contribution in [0, 0.1) is 5.82 Å². The third kappa shape index (κ3) is 6.17. The number of hydrogen-bond acceptors (Lipinski definition) is 5. The van der Waals surface area contributed by atoms with Crippen molar-refractivity contribution in [3.05, 3.63) is 96.1 Å². The minimum Gasteiger partial charge on any atom is -0.369 e. The van der Waals surface area contributed by atoms with E-state index in [9.17, 15) is 14.0 Å². The van der Waals surface area contributed by atoms with Crippen LogP contribution in [0.4, 0.5) is 10.1 Å². The monoisotopic (exact) mass is 461 g/mol. The van der Waals surface area contributed by atoms with E-state index >= 15 is 0 Å². The number of nitrogens with zero attached hydrogens (tertiary/aromatic N) is 3. The number of halogens is 1. The van der Waals surface area contributed by atoms with Crippen LogP contribution in [-0.4, -0.2) is 54.4 Å². The zero-order valence-corrected chi connectivity index (χ0v) is 18.9. The fourth-order valence-electron chi connectivity index (χ4n) is 4.10. The normalized spacial score (nSPS) is 14.9.